The van der Waals surface area contributed by atoms with Gasteiger partial charge in [-0.3, -0.25) is 10.1 Å². The molecule has 0 bridgehead atoms. The zero-order valence-corrected chi connectivity index (χ0v) is 15.5. The van der Waals surface area contributed by atoms with Crippen LogP contribution < -0.4 is 10.1 Å². The lowest BCUT2D eigenvalue weighted by Crippen LogP contribution is -2.30. The maximum absolute atomic E-state index is 12.2. The molecule has 2 aromatic rings. The number of thioether (sulfide) groups is 1. The summed E-state index contributed by atoms with van der Waals surface area (Å²) in [6.45, 7) is 9.95. The molecule has 0 aliphatic heterocycles. The van der Waals surface area contributed by atoms with Gasteiger partial charge < -0.3 is 4.74 Å². The molecule has 124 valence electrons. The minimum atomic E-state index is -0.609. The molecule has 1 N–H and O–H groups in total. The van der Waals surface area contributed by atoms with Gasteiger partial charge >= 0.3 is 0 Å². The second kappa shape index (κ2) is 7.79. The topological polar surface area (TPSA) is 64.1 Å². The average molecular weight is 351 g/mol. The fraction of sp³-hybridized carbons (Fsp3) is 0.438. The molecule has 5 nitrogen and oxygen atoms in total. The lowest BCUT2D eigenvalue weighted by molar-refractivity contribution is -0.122. The predicted molar refractivity (Wildman–Crippen MR) is 95.5 cm³/mol. The summed E-state index contributed by atoms with van der Waals surface area (Å²) in [6, 6.07) is 5.78. The van der Waals surface area contributed by atoms with Crippen molar-refractivity contribution in [1.29, 1.82) is 0 Å². The van der Waals surface area contributed by atoms with Crippen LogP contribution in [0.25, 0.3) is 0 Å². The molecule has 1 amide bonds. The van der Waals surface area contributed by atoms with E-state index in [-0.39, 0.29) is 5.91 Å². The number of amides is 1. The molecule has 1 aromatic heterocycles. The number of ether oxygens (including phenoxy) is 1. The highest BCUT2D eigenvalue weighted by Crippen LogP contribution is 2.28. The Hall–Kier alpha value is -1.60. The van der Waals surface area contributed by atoms with Gasteiger partial charge in [0.05, 0.1) is 0 Å². The van der Waals surface area contributed by atoms with Crippen molar-refractivity contribution in [2.45, 2.75) is 50.3 Å². The van der Waals surface area contributed by atoms with Gasteiger partial charge in [-0.1, -0.05) is 43.0 Å². The Morgan fingerprint density at radius 1 is 1.22 bits per heavy atom. The third-order valence-electron chi connectivity index (χ3n) is 3.13. The Labute approximate surface area is 144 Å². The lowest BCUT2D eigenvalue weighted by Gasteiger charge is -2.14. The fourth-order valence-electron chi connectivity index (χ4n) is 1.76. The van der Waals surface area contributed by atoms with E-state index in [9.17, 15) is 4.79 Å². The first-order valence-corrected chi connectivity index (χ1v) is 9.09. The van der Waals surface area contributed by atoms with Crippen molar-refractivity contribution in [1.82, 2.24) is 10.2 Å². The first kappa shape index (κ1) is 17.7. The van der Waals surface area contributed by atoms with Gasteiger partial charge in [-0.2, -0.15) is 0 Å². The zero-order chi connectivity index (χ0) is 17.0. The molecule has 0 radical (unpaired) electrons. The molecule has 0 spiro atoms. The van der Waals surface area contributed by atoms with Gasteiger partial charge in [0.1, 0.15) is 5.75 Å². The molecule has 2 rings (SSSR count). The maximum atomic E-state index is 12.2. The summed E-state index contributed by atoms with van der Waals surface area (Å²) in [5.41, 5.74) is 2.33. The van der Waals surface area contributed by atoms with Crippen molar-refractivity contribution in [2.24, 2.45) is 0 Å². The van der Waals surface area contributed by atoms with Crippen LogP contribution in [0.4, 0.5) is 5.13 Å². The van der Waals surface area contributed by atoms with Crippen LogP contribution in [0.3, 0.4) is 0 Å². The van der Waals surface area contributed by atoms with Crippen molar-refractivity contribution in [3.05, 3.63) is 29.3 Å². The minimum Gasteiger partial charge on any atom is -0.481 e. The van der Waals surface area contributed by atoms with E-state index in [1.165, 1.54) is 16.9 Å². The summed E-state index contributed by atoms with van der Waals surface area (Å²) in [7, 11) is 0. The van der Waals surface area contributed by atoms with Gasteiger partial charge in [0.25, 0.3) is 5.91 Å². The molecule has 0 fully saturated rings. The molecule has 7 heteroatoms. The molecule has 1 aromatic carbocycles. The maximum Gasteiger partial charge on any atom is 0.266 e. The van der Waals surface area contributed by atoms with E-state index in [0.717, 1.165) is 9.90 Å². The van der Waals surface area contributed by atoms with E-state index in [1.54, 1.807) is 18.7 Å². The van der Waals surface area contributed by atoms with Gasteiger partial charge in [0.2, 0.25) is 5.13 Å². The molecular formula is C16H21N3O2S2. The highest BCUT2D eigenvalue weighted by atomic mass is 32.2. The summed E-state index contributed by atoms with van der Waals surface area (Å²) in [6.07, 6.45) is -0.609. The quantitative estimate of drug-likeness (QED) is 0.628. The van der Waals surface area contributed by atoms with E-state index in [0.29, 0.717) is 16.1 Å². The minimum absolute atomic E-state index is 0.236. The van der Waals surface area contributed by atoms with E-state index in [2.05, 4.69) is 29.4 Å². The van der Waals surface area contributed by atoms with Crippen molar-refractivity contribution in [2.75, 3.05) is 5.32 Å². The Kier molecular flexibility index (Phi) is 6.01. The van der Waals surface area contributed by atoms with E-state index >= 15 is 0 Å². The number of carbonyl (C=O) groups is 1. The average Bonchev–Trinajstić information content (AvgIpc) is 2.89. The summed E-state index contributed by atoms with van der Waals surface area (Å²) in [5, 5.41) is 11.7. The molecule has 1 atom stereocenters. The van der Waals surface area contributed by atoms with Crippen molar-refractivity contribution >= 4 is 34.1 Å². The highest BCUT2D eigenvalue weighted by molar-refractivity contribution is 8.01. The molecule has 0 unspecified atom stereocenters. The van der Waals surface area contributed by atoms with Crippen LogP contribution in [0.15, 0.2) is 22.5 Å². The Morgan fingerprint density at radius 3 is 2.61 bits per heavy atom. The second-order valence-corrected chi connectivity index (χ2v) is 8.34. The molecule has 1 heterocycles. The Balaban J connectivity index is 1.94. The number of benzene rings is 1. The summed E-state index contributed by atoms with van der Waals surface area (Å²) >= 11 is 2.99. The Morgan fingerprint density at radius 2 is 1.96 bits per heavy atom. The summed E-state index contributed by atoms with van der Waals surface area (Å²) in [5.74, 6) is 0.449. The molecule has 0 aliphatic rings. The first-order chi connectivity index (χ1) is 10.8. The van der Waals surface area contributed by atoms with Gasteiger partial charge in [-0.15, -0.1) is 10.2 Å². The summed E-state index contributed by atoms with van der Waals surface area (Å²) < 4.78 is 6.54. The monoisotopic (exact) mass is 351 g/mol. The normalized spacial score (nSPS) is 12.3. The van der Waals surface area contributed by atoms with Crippen LogP contribution >= 0.6 is 23.1 Å². The SMILES string of the molecule is Cc1ccc(O[C@H](C)C(=O)Nc2nnc(SC(C)C)s2)cc1C. The Bertz CT molecular complexity index is 686. The van der Waals surface area contributed by atoms with Gasteiger partial charge in [0.15, 0.2) is 10.4 Å². The highest BCUT2D eigenvalue weighted by Gasteiger charge is 2.17. The molecule has 0 aliphatic carbocycles. The number of nitrogens with zero attached hydrogens (tertiary/aromatic N) is 2. The number of hydrogen-bond donors (Lipinski definition) is 1. The lowest BCUT2D eigenvalue weighted by atomic mass is 10.1. The van der Waals surface area contributed by atoms with Gasteiger partial charge in [0, 0.05) is 5.25 Å². The first-order valence-electron chi connectivity index (χ1n) is 7.40. The van der Waals surface area contributed by atoms with Crippen molar-refractivity contribution in [3.8, 4) is 5.75 Å². The number of nitrogens with one attached hydrogen (secondary N) is 1. The van der Waals surface area contributed by atoms with E-state index < -0.39 is 6.10 Å². The van der Waals surface area contributed by atoms with Crippen molar-refractivity contribution in [3.63, 3.8) is 0 Å². The van der Waals surface area contributed by atoms with E-state index in [4.69, 9.17) is 4.74 Å². The van der Waals surface area contributed by atoms with Crippen LogP contribution in [-0.4, -0.2) is 27.5 Å². The molecule has 0 saturated heterocycles. The van der Waals surface area contributed by atoms with Crippen LogP contribution in [0.5, 0.6) is 5.75 Å². The standard InChI is InChI=1S/C16H21N3O2S2/c1-9(2)22-16-19-18-15(23-16)17-14(20)12(5)21-13-7-6-10(3)11(4)8-13/h6-9,12H,1-5H3,(H,17,18,20)/t12-/m1/s1. The largest absolute Gasteiger partial charge is 0.481 e. The second-order valence-electron chi connectivity index (χ2n) is 5.54. The van der Waals surface area contributed by atoms with Crippen LogP contribution in [-0.2, 0) is 4.79 Å². The zero-order valence-electron chi connectivity index (χ0n) is 13.9. The molecule has 23 heavy (non-hydrogen) atoms. The van der Waals surface area contributed by atoms with Gasteiger partial charge in [-0.05, 0) is 44.0 Å². The number of aromatic nitrogens is 2. The molecule has 0 saturated carbocycles. The molecular weight excluding hydrogens is 330 g/mol. The third-order valence-corrected chi connectivity index (χ3v) is 5.06. The van der Waals surface area contributed by atoms with Crippen LogP contribution in [0.2, 0.25) is 0 Å². The van der Waals surface area contributed by atoms with Crippen molar-refractivity contribution < 1.29 is 9.53 Å². The fourth-order valence-corrected chi connectivity index (χ4v) is 3.74. The number of anilines is 1. The van der Waals surface area contributed by atoms with Crippen LogP contribution in [0.1, 0.15) is 31.9 Å². The number of aryl methyl sites for hydroxylation is 2. The van der Waals surface area contributed by atoms with Gasteiger partial charge in [-0.25, -0.2) is 0 Å². The third kappa shape index (κ3) is 5.21. The smallest absolute Gasteiger partial charge is 0.266 e. The number of carbonyl (C=O) groups excluding carboxylic acids is 1. The number of rotatable bonds is 6. The predicted octanol–water partition coefficient (Wildman–Crippen LogP) is 4.06. The number of hydrogen-bond acceptors (Lipinski definition) is 6. The van der Waals surface area contributed by atoms with Crippen LogP contribution in [0, 0.1) is 13.8 Å². The van der Waals surface area contributed by atoms with E-state index in [1.807, 2.05) is 32.0 Å². The summed E-state index contributed by atoms with van der Waals surface area (Å²) in [4.78, 5) is 12.2.